The molecule has 1 aliphatic rings. The third-order valence-electron chi connectivity index (χ3n) is 7.61. The molecule has 0 radical (unpaired) electrons. The van der Waals surface area contributed by atoms with E-state index in [4.69, 9.17) is 16.3 Å². The molecule has 1 aliphatic heterocycles. The molecule has 42 heavy (non-hydrogen) atoms. The van der Waals surface area contributed by atoms with Gasteiger partial charge in [0.25, 0.3) is 0 Å². The fourth-order valence-electron chi connectivity index (χ4n) is 5.12. The van der Waals surface area contributed by atoms with Gasteiger partial charge in [0, 0.05) is 37.0 Å². The topological polar surface area (TPSA) is 115 Å². The summed E-state index contributed by atoms with van der Waals surface area (Å²) in [7, 11) is -3.55. The molecule has 1 saturated heterocycles. The summed E-state index contributed by atoms with van der Waals surface area (Å²) in [6.45, 7) is 12.9. The molecule has 0 N–H and O–H groups in total. The van der Waals surface area contributed by atoms with Crippen molar-refractivity contribution in [2.45, 2.75) is 77.4 Å². The summed E-state index contributed by atoms with van der Waals surface area (Å²) in [5.74, 6) is -0.254. The van der Waals surface area contributed by atoms with Gasteiger partial charge in [-0.05, 0) is 66.7 Å². The number of benzene rings is 1. The van der Waals surface area contributed by atoms with Crippen molar-refractivity contribution >= 4 is 44.4 Å². The monoisotopic (exact) mass is 621 g/mol. The first-order valence-corrected chi connectivity index (χ1v) is 16.1. The minimum Gasteiger partial charge on any atom is -0.444 e. The van der Waals surface area contributed by atoms with Crippen LogP contribution in [-0.2, 0) is 14.6 Å². The van der Waals surface area contributed by atoms with Gasteiger partial charge in [0.15, 0.2) is 9.84 Å². The number of amides is 1. The molecule has 0 bridgehead atoms. The quantitative estimate of drug-likeness (QED) is 0.387. The minimum atomic E-state index is -3.55. The Morgan fingerprint density at radius 2 is 1.76 bits per heavy atom. The van der Waals surface area contributed by atoms with Gasteiger partial charge in [-0.3, -0.25) is 4.57 Å². The summed E-state index contributed by atoms with van der Waals surface area (Å²) in [6.07, 6.45) is 0.670. The zero-order chi connectivity index (χ0) is 31.3. The van der Waals surface area contributed by atoms with Crippen molar-refractivity contribution in [1.82, 2.24) is 19.4 Å². The third kappa shape index (κ3) is 6.24. The van der Waals surface area contributed by atoms with Gasteiger partial charge in [0.2, 0.25) is 0 Å². The molecule has 1 amide bonds. The van der Waals surface area contributed by atoms with Gasteiger partial charge in [0.05, 0.1) is 27.4 Å². The number of halogens is 2. The number of carbonyl (C=O) groups is 1. The fourth-order valence-corrected chi connectivity index (χ4v) is 6.21. The van der Waals surface area contributed by atoms with Gasteiger partial charge in [-0.25, -0.2) is 27.4 Å². The molecule has 4 atom stereocenters. The van der Waals surface area contributed by atoms with Crippen molar-refractivity contribution in [2.75, 3.05) is 24.2 Å². The number of piperazine rings is 1. The predicted octanol–water partition coefficient (Wildman–Crippen LogP) is 5.08. The van der Waals surface area contributed by atoms with Gasteiger partial charge in [-0.1, -0.05) is 23.7 Å². The lowest BCUT2D eigenvalue weighted by atomic mass is 10.1. The van der Waals surface area contributed by atoms with Crippen LogP contribution in [0.1, 0.15) is 54.5 Å². The summed E-state index contributed by atoms with van der Waals surface area (Å²) in [6, 6.07) is 6.16. The molecular formula is C29H37ClFN5O5S. The van der Waals surface area contributed by atoms with Gasteiger partial charge in [0.1, 0.15) is 22.9 Å². The smallest absolute Gasteiger partial charge is 0.410 e. The molecule has 13 heteroatoms. The van der Waals surface area contributed by atoms with Gasteiger partial charge >= 0.3 is 11.8 Å². The molecule has 10 nitrogen and oxygen atoms in total. The Hall–Kier alpha value is -3.25. The second-order valence-corrected chi connectivity index (χ2v) is 14.8. The number of rotatable bonds is 5. The van der Waals surface area contributed by atoms with E-state index < -0.39 is 44.3 Å². The van der Waals surface area contributed by atoms with Crippen LogP contribution < -0.4 is 10.6 Å². The molecule has 0 aliphatic carbocycles. The maximum Gasteiger partial charge on any atom is 0.410 e. The molecule has 3 aromatic rings. The second kappa shape index (κ2) is 11.4. The van der Waals surface area contributed by atoms with Crippen molar-refractivity contribution in [3.05, 3.63) is 51.7 Å². The third-order valence-corrected chi connectivity index (χ3v) is 9.64. The lowest BCUT2D eigenvalue weighted by Crippen LogP contribution is -2.59. The highest BCUT2D eigenvalue weighted by atomic mass is 35.5. The van der Waals surface area contributed by atoms with Crippen LogP contribution in [0.5, 0.6) is 0 Å². The summed E-state index contributed by atoms with van der Waals surface area (Å²) < 4.78 is 46.6. The molecular weight excluding hydrogens is 585 g/mol. The van der Waals surface area contributed by atoms with Crippen LogP contribution in [0.4, 0.5) is 15.0 Å². The van der Waals surface area contributed by atoms with Crippen LogP contribution in [0.25, 0.3) is 22.3 Å². The SMILES string of the molecule is CC([C@@H](C)n1c(=O)nc(N2C[C@@H](C)N(C(=O)OC(C)(C)C)C[C@@H]2C)c2cc(Cl)c(-c3ccccc3F)nc21)S(C)(=O)=O. The summed E-state index contributed by atoms with van der Waals surface area (Å²) >= 11 is 6.69. The molecule has 1 aromatic carbocycles. The van der Waals surface area contributed by atoms with Crippen LogP contribution in [0.15, 0.2) is 35.1 Å². The van der Waals surface area contributed by atoms with E-state index in [1.54, 1.807) is 50.8 Å². The Labute approximate surface area is 250 Å². The standard InChI is InChI=1S/C29H37ClFN5O5S/c1-16-15-35(28(38)41-29(5,6)7)17(2)14-34(16)25-21-13-22(30)24(20-11-9-10-12-23(20)31)32-26(21)36(27(37)33-25)18(3)19(4)42(8,39)40/h9-13,16-19H,14-15H2,1-8H3/t16-,17+,18+,19?/m0/s1. The maximum absolute atomic E-state index is 14.8. The highest BCUT2D eigenvalue weighted by molar-refractivity contribution is 7.91. The Morgan fingerprint density at radius 3 is 2.36 bits per heavy atom. The Morgan fingerprint density at radius 1 is 1.12 bits per heavy atom. The Kier molecular flexibility index (Phi) is 8.63. The van der Waals surface area contributed by atoms with Crippen molar-refractivity contribution in [3.8, 4) is 11.3 Å². The molecule has 1 fully saturated rings. The van der Waals surface area contributed by atoms with Gasteiger partial charge in [-0.2, -0.15) is 4.98 Å². The van der Waals surface area contributed by atoms with E-state index in [1.807, 2.05) is 18.7 Å². The number of nitrogens with zero attached hydrogens (tertiary/aromatic N) is 5. The highest BCUT2D eigenvalue weighted by Gasteiger charge is 2.37. The van der Waals surface area contributed by atoms with Gasteiger partial charge < -0.3 is 14.5 Å². The molecule has 1 unspecified atom stereocenters. The van der Waals surface area contributed by atoms with E-state index in [9.17, 15) is 22.4 Å². The van der Waals surface area contributed by atoms with Crippen LogP contribution in [0, 0.1) is 5.82 Å². The number of ether oxygens (including phenoxy) is 1. The number of sulfone groups is 1. The lowest BCUT2D eigenvalue weighted by Gasteiger charge is -2.45. The van der Waals surface area contributed by atoms with Crippen LogP contribution in [0.3, 0.4) is 0 Å². The lowest BCUT2D eigenvalue weighted by molar-refractivity contribution is 0.0130. The first-order valence-electron chi connectivity index (χ1n) is 13.7. The van der Waals surface area contributed by atoms with E-state index in [0.29, 0.717) is 24.3 Å². The Balaban J connectivity index is 1.91. The zero-order valence-electron chi connectivity index (χ0n) is 25.1. The zero-order valence-corrected chi connectivity index (χ0v) is 26.6. The fraction of sp³-hybridized carbons (Fsp3) is 0.517. The molecule has 4 rings (SSSR count). The molecule has 2 aromatic heterocycles. The van der Waals surface area contributed by atoms with Crippen LogP contribution >= 0.6 is 11.6 Å². The van der Waals surface area contributed by atoms with Crippen molar-refractivity contribution in [3.63, 3.8) is 0 Å². The number of pyridine rings is 1. The summed E-state index contributed by atoms with van der Waals surface area (Å²) in [4.78, 5) is 39.2. The van der Waals surface area contributed by atoms with Crippen molar-refractivity contribution in [1.29, 1.82) is 0 Å². The van der Waals surface area contributed by atoms with E-state index in [2.05, 4.69) is 9.97 Å². The summed E-state index contributed by atoms with van der Waals surface area (Å²) in [5.41, 5.74) is -0.979. The van der Waals surface area contributed by atoms with E-state index in [1.165, 1.54) is 23.6 Å². The number of hydrogen-bond acceptors (Lipinski definition) is 8. The average molecular weight is 622 g/mol. The number of anilines is 1. The first-order chi connectivity index (χ1) is 19.4. The first kappa shape index (κ1) is 31.7. The molecule has 0 saturated carbocycles. The van der Waals surface area contributed by atoms with Crippen molar-refractivity contribution < 1.29 is 22.3 Å². The van der Waals surface area contributed by atoms with E-state index in [-0.39, 0.29) is 34.0 Å². The van der Waals surface area contributed by atoms with Crippen LogP contribution in [0.2, 0.25) is 5.02 Å². The predicted molar refractivity (Wildman–Crippen MR) is 162 cm³/mol. The van der Waals surface area contributed by atoms with E-state index >= 15 is 0 Å². The Bertz CT molecular complexity index is 1690. The normalized spacial score (nSPS) is 19.6. The number of carbonyl (C=O) groups excluding carboxylic acids is 1. The highest BCUT2D eigenvalue weighted by Crippen LogP contribution is 2.36. The molecule has 228 valence electrons. The number of hydrogen-bond donors (Lipinski definition) is 0. The van der Waals surface area contributed by atoms with E-state index in [0.717, 1.165) is 6.26 Å². The second-order valence-electron chi connectivity index (χ2n) is 12.0. The maximum atomic E-state index is 14.8. The van der Waals surface area contributed by atoms with Crippen LogP contribution in [-0.4, -0.2) is 76.2 Å². The van der Waals surface area contributed by atoms with Gasteiger partial charge in [-0.15, -0.1) is 0 Å². The average Bonchev–Trinajstić information content (AvgIpc) is 2.87. The summed E-state index contributed by atoms with van der Waals surface area (Å²) in [5, 5.41) is -0.411. The largest absolute Gasteiger partial charge is 0.444 e. The molecule has 3 heterocycles. The number of fused-ring (bicyclic) bond motifs is 1. The molecule has 0 spiro atoms. The minimum absolute atomic E-state index is 0.114. The van der Waals surface area contributed by atoms with Crippen molar-refractivity contribution in [2.24, 2.45) is 0 Å². The number of aromatic nitrogens is 3.